The Morgan fingerprint density at radius 3 is 2.68 bits per heavy atom. The number of amides is 1. The lowest BCUT2D eigenvalue weighted by Gasteiger charge is -2.32. The van der Waals surface area contributed by atoms with E-state index in [0.29, 0.717) is 12.5 Å². The summed E-state index contributed by atoms with van der Waals surface area (Å²) in [5, 5.41) is 0.985. The van der Waals surface area contributed by atoms with Crippen LogP contribution in [0.2, 0.25) is 0 Å². The zero-order valence-corrected chi connectivity index (χ0v) is 17.5. The Kier molecular flexibility index (Phi) is 5.28. The maximum absolute atomic E-state index is 13.7. The number of piperidine rings is 1. The Labute approximate surface area is 180 Å². The number of nitrogens with zero attached hydrogens (tertiary/aromatic N) is 2. The number of H-pyrrole nitrogens is 1. The fraction of sp³-hybridized carbons (Fsp3) is 0.375. The van der Waals surface area contributed by atoms with E-state index in [1.165, 1.54) is 11.6 Å². The highest BCUT2D eigenvalue weighted by atomic mass is 19.1. The number of methoxy groups -OCH3 is 1. The average Bonchev–Trinajstić information content (AvgIpc) is 3.37. The van der Waals surface area contributed by atoms with Crippen LogP contribution in [-0.4, -0.2) is 55.4 Å². The second kappa shape index (κ2) is 8.23. The van der Waals surface area contributed by atoms with Gasteiger partial charge >= 0.3 is 6.09 Å². The summed E-state index contributed by atoms with van der Waals surface area (Å²) in [5.74, 6) is 0.970. The number of nitrogens with one attached hydrogen (secondary N) is 1. The number of rotatable bonds is 5. The van der Waals surface area contributed by atoms with E-state index in [1.807, 2.05) is 30.5 Å². The molecule has 0 aliphatic carbocycles. The number of benzene rings is 2. The average molecular weight is 423 g/mol. The molecule has 1 amide bonds. The summed E-state index contributed by atoms with van der Waals surface area (Å²) in [5.41, 5.74) is 3.00. The van der Waals surface area contributed by atoms with E-state index >= 15 is 0 Å². The lowest BCUT2D eigenvalue weighted by Crippen LogP contribution is -2.39. The van der Waals surface area contributed by atoms with Crippen LogP contribution in [0.1, 0.15) is 24.3 Å². The molecule has 0 bridgehead atoms. The molecule has 5 rings (SSSR count). The van der Waals surface area contributed by atoms with E-state index in [-0.39, 0.29) is 18.0 Å². The van der Waals surface area contributed by atoms with Gasteiger partial charge in [-0.2, -0.15) is 0 Å². The van der Waals surface area contributed by atoms with Crippen LogP contribution in [0, 0.1) is 5.82 Å². The van der Waals surface area contributed by atoms with E-state index in [0.717, 1.165) is 54.8 Å². The van der Waals surface area contributed by atoms with E-state index < -0.39 is 0 Å². The number of aromatic nitrogens is 1. The van der Waals surface area contributed by atoms with Crippen LogP contribution in [-0.2, 0) is 4.74 Å². The maximum Gasteiger partial charge on any atom is 0.414 e. The van der Waals surface area contributed by atoms with Gasteiger partial charge in [0, 0.05) is 29.3 Å². The van der Waals surface area contributed by atoms with Crippen LogP contribution in [0.25, 0.3) is 10.9 Å². The highest BCUT2D eigenvalue weighted by molar-refractivity contribution is 5.89. The second-order valence-electron chi connectivity index (χ2n) is 8.32. The molecule has 7 heteroatoms. The molecule has 0 unspecified atom stereocenters. The van der Waals surface area contributed by atoms with Crippen molar-refractivity contribution in [3.63, 3.8) is 0 Å². The topological polar surface area (TPSA) is 57.8 Å². The molecule has 2 aliphatic heterocycles. The quantitative estimate of drug-likeness (QED) is 0.656. The van der Waals surface area contributed by atoms with Crippen molar-refractivity contribution in [2.45, 2.75) is 24.9 Å². The number of likely N-dealkylation sites (tertiary alicyclic amines) is 1. The van der Waals surface area contributed by atoms with E-state index in [2.05, 4.69) is 9.88 Å². The van der Waals surface area contributed by atoms with Gasteiger partial charge in [0.2, 0.25) is 0 Å². The third-order valence-corrected chi connectivity index (χ3v) is 6.42. The van der Waals surface area contributed by atoms with Gasteiger partial charge in [0.15, 0.2) is 0 Å². The molecule has 0 radical (unpaired) electrons. The molecule has 2 saturated heterocycles. The molecule has 2 aliphatic rings. The predicted octanol–water partition coefficient (Wildman–Crippen LogP) is 4.52. The number of carbonyl (C=O) groups is 1. The minimum Gasteiger partial charge on any atom is -0.497 e. The highest BCUT2D eigenvalue weighted by Crippen LogP contribution is 2.34. The van der Waals surface area contributed by atoms with Gasteiger partial charge in [0.25, 0.3) is 0 Å². The monoisotopic (exact) mass is 423 g/mol. The fourth-order valence-corrected chi connectivity index (χ4v) is 4.76. The van der Waals surface area contributed by atoms with Crippen molar-refractivity contribution in [2.75, 3.05) is 38.2 Å². The molecule has 1 N–H and O–H groups in total. The molecule has 3 heterocycles. The van der Waals surface area contributed by atoms with Crippen LogP contribution in [0.15, 0.2) is 48.7 Å². The first-order chi connectivity index (χ1) is 15.1. The van der Waals surface area contributed by atoms with Crippen LogP contribution in [0.3, 0.4) is 0 Å². The summed E-state index contributed by atoms with van der Waals surface area (Å²) >= 11 is 0. The molecule has 3 aromatic rings. The summed E-state index contributed by atoms with van der Waals surface area (Å²) < 4.78 is 24.5. The van der Waals surface area contributed by atoms with Gasteiger partial charge < -0.3 is 14.5 Å². The van der Waals surface area contributed by atoms with Crippen molar-refractivity contribution in [3.8, 4) is 5.75 Å². The van der Waals surface area contributed by atoms with Gasteiger partial charge in [-0.25, -0.2) is 9.18 Å². The molecular formula is C24H26FN3O3. The minimum absolute atomic E-state index is 0.145. The van der Waals surface area contributed by atoms with Crippen molar-refractivity contribution in [1.29, 1.82) is 0 Å². The zero-order chi connectivity index (χ0) is 21.4. The lowest BCUT2D eigenvalue weighted by molar-refractivity contribution is 0.0977. The van der Waals surface area contributed by atoms with Gasteiger partial charge in [-0.1, -0.05) is 0 Å². The van der Waals surface area contributed by atoms with Crippen LogP contribution in [0.5, 0.6) is 5.75 Å². The summed E-state index contributed by atoms with van der Waals surface area (Å²) in [4.78, 5) is 19.7. The summed E-state index contributed by atoms with van der Waals surface area (Å²) in [7, 11) is 1.62. The minimum atomic E-state index is -0.300. The summed E-state index contributed by atoms with van der Waals surface area (Å²) in [6, 6.07) is 12.3. The molecule has 1 aromatic heterocycles. The standard InChI is InChI=1S/C24H26FN3O3/c1-30-19-5-3-18(4-6-19)28-15-20(31-24(28)29)14-27-10-8-16(9-11-27)22-13-26-23-7-2-17(25)12-21(22)23/h2-7,12-13,16,20,26H,8-11,14-15H2,1H3/t20-/m0/s1. The van der Waals surface area contributed by atoms with Gasteiger partial charge in [-0.15, -0.1) is 0 Å². The second-order valence-corrected chi connectivity index (χ2v) is 8.32. The van der Waals surface area contributed by atoms with E-state index in [1.54, 1.807) is 24.1 Å². The van der Waals surface area contributed by atoms with Gasteiger partial charge in [0.05, 0.1) is 13.7 Å². The fourth-order valence-electron chi connectivity index (χ4n) is 4.76. The number of carbonyl (C=O) groups excluding carboxylic acids is 1. The first-order valence-electron chi connectivity index (χ1n) is 10.7. The van der Waals surface area contributed by atoms with Gasteiger partial charge in [-0.05, 0) is 79.9 Å². The molecule has 1 atom stereocenters. The molecule has 0 spiro atoms. The third kappa shape index (κ3) is 3.97. The van der Waals surface area contributed by atoms with E-state index in [4.69, 9.17) is 9.47 Å². The number of fused-ring (bicyclic) bond motifs is 1. The first-order valence-corrected chi connectivity index (χ1v) is 10.7. The molecule has 6 nitrogen and oxygen atoms in total. The number of hydrogen-bond donors (Lipinski definition) is 1. The maximum atomic E-state index is 13.7. The van der Waals surface area contributed by atoms with E-state index in [9.17, 15) is 9.18 Å². The lowest BCUT2D eigenvalue weighted by atomic mass is 9.89. The summed E-state index contributed by atoms with van der Waals surface area (Å²) in [6.45, 7) is 3.15. The molecular weight excluding hydrogens is 397 g/mol. The summed E-state index contributed by atoms with van der Waals surface area (Å²) in [6.07, 6.45) is 3.59. The number of cyclic esters (lactones) is 1. The number of hydrogen-bond acceptors (Lipinski definition) is 4. The molecule has 162 valence electrons. The SMILES string of the molecule is COc1ccc(N2C[C@H](CN3CCC(c4c[nH]c5ccc(F)cc45)CC3)OC2=O)cc1. The van der Waals surface area contributed by atoms with Crippen molar-refractivity contribution in [1.82, 2.24) is 9.88 Å². The Hall–Kier alpha value is -3.06. The predicted molar refractivity (Wildman–Crippen MR) is 117 cm³/mol. The Bertz CT molecular complexity index is 1070. The zero-order valence-electron chi connectivity index (χ0n) is 17.5. The molecule has 0 saturated carbocycles. The Morgan fingerprint density at radius 1 is 1.16 bits per heavy atom. The van der Waals surface area contributed by atoms with Crippen molar-refractivity contribution < 1.29 is 18.7 Å². The number of anilines is 1. The smallest absolute Gasteiger partial charge is 0.414 e. The number of halogens is 1. The largest absolute Gasteiger partial charge is 0.497 e. The number of aromatic amines is 1. The molecule has 31 heavy (non-hydrogen) atoms. The normalized spacial score (nSPS) is 20.4. The Morgan fingerprint density at radius 2 is 1.94 bits per heavy atom. The van der Waals surface area contributed by atoms with Gasteiger partial charge in [-0.3, -0.25) is 9.80 Å². The van der Waals surface area contributed by atoms with Crippen molar-refractivity contribution in [2.24, 2.45) is 0 Å². The highest BCUT2D eigenvalue weighted by Gasteiger charge is 2.34. The van der Waals surface area contributed by atoms with Crippen LogP contribution >= 0.6 is 0 Å². The third-order valence-electron chi connectivity index (χ3n) is 6.42. The van der Waals surface area contributed by atoms with Gasteiger partial charge in [0.1, 0.15) is 17.7 Å². The first kappa shape index (κ1) is 19.9. The molecule has 2 aromatic carbocycles. The van der Waals surface area contributed by atoms with Crippen LogP contribution < -0.4 is 9.64 Å². The Balaban J connectivity index is 1.18. The van der Waals surface area contributed by atoms with Crippen molar-refractivity contribution >= 4 is 22.7 Å². The van der Waals surface area contributed by atoms with Crippen molar-refractivity contribution in [3.05, 3.63) is 60.0 Å². The number of ether oxygens (including phenoxy) is 2. The molecule has 2 fully saturated rings. The van der Waals surface area contributed by atoms with Crippen LogP contribution in [0.4, 0.5) is 14.9 Å².